The molecule has 0 fully saturated rings. The summed E-state index contributed by atoms with van der Waals surface area (Å²) in [5, 5.41) is 4.96. The Hall–Kier alpha value is -3.48. The van der Waals surface area contributed by atoms with E-state index in [2.05, 4.69) is 22.9 Å². The minimum atomic E-state index is -0.122. The van der Waals surface area contributed by atoms with Crippen LogP contribution in [0.4, 0.5) is 11.4 Å². The topological polar surface area (TPSA) is 89.3 Å². The summed E-state index contributed by atoms with van der Waals surface area (Å²) in [5.41, 5.74) is 13.7. The van der Waals surface area contributed by atoms with Gasteiger partial charge in [-0.3, -0.25) is 15.1 Å². The van der Waals surface area contributed by atoms with E-state index in [-0.39, 0.29) is 12.3 Å². The van der Waals surface area contributed by atoms with E-state index >= 15 is 0 Å². The van der Waals surface area contributed by atoms with Gasteiger partial charge in [-0.2, -0.15) is 0 Å². The van der Waals surface area contributed by atoms with Gasteiger partial charge in [0.25, 0.3) is 0 Å². The van der Waals surface area contributed by atoms with E-state index in [1.807, 2.05) is 54.6 Å². The third-order valence-corrected chi connectivity index (χ3v) is 4.74. The number of nitrogens with two attached hydrogens (primary N) is 1. The number of rotatable bonds is 6. The molecule has 29 heavy (non-hydrogen) atoms. The Bertz CT molecular complexity index is 1140. The minimum absolute atomic E-state index is 0.122. The van der Waals surface area contributed by atoms with Crippen LogP contribution < -0.4 is 16.5 Å². The molecule has 4 rings (SSSR count). The second-order valence-corrected chi connectivity index (χ2v) is 6.67. The fourth-order valence-corrected chi connectivity index (χ4v) is 3.52. The van der Waals surface area contributed by atoms with Crippen molar-refractivity contribution in [1.82, 2.24) is 4.98 Å². The number of fused-ring (bicyclic) bond motifs is 2. The van der Waals surface area contributed by atoms with Crippen molar-refractivity contribution in [2.45, 2.75) is 6.42 Å². The summed E-state index contributed by atoms with van der Waals surface area (Å²) in [6.07, 6.45) is 0.272. The van der Waals surface area contributed by atoms with E-state index in [9.17, 15) is 4.79 Å². The lowest BCUT2D eigenvalue weighted by Gasteiger charge is -2.17. The molecule has 0 saturated heterocycles. The highest BCUT2D eigenvalue weighted by molar-refractivity contribution is 6.11. The highest BCUT2D eigenvalue weighted by Gasteiger charge is 2.15. The number of amides is 1. The highest BCUT2D eigenvalue weighted by Crippen LogP contribution is 2.39. The molecule has 6 heteroatoms. The fourth-order valence-electron chi connectivity index (χ4n) is 3.52. The van der Waals surface area contributed by atoms with Gasteiger partial charge in [-0.05, 0) is 24.3 Å². The first-order chi connectivity index (χ1) is 14.2. The smallest absolute Gasteiger partial charge is 0.225 e. The maximum atomic E-state index is 11.9. The number of nitrogens with zero attached hydrogens (tertiary/aromatic N) is 1. The molecular weight excluding hydrogens is 364 g/mol. The zero-order valence-electron chi connectivity index (χ0n) is 16.1. The average molecular weight is 386 g/mol. The molecule has 6 nitrogen and oxygen atoms in total. The first-order valence-corrected chi connectivity index (χ1v) is 9.42. The zero-order chi connectivity index (χ0) is 20.2. The predicted molar refractivity (Wildman–Crippen MR) is 118 cm³/mol. The first-order valence-electron chi connectivity index (χ1n) is 9.42. The fraction of sp³-hybridized carbons (Fsp3) is 0.130. The minimum Gasteiger partial charge on any atom is -0.330 e. The number of nitrogens with one attached hydrogen (secondary N) is 2. The Kier molecular flexibility index (Phi) is 5.37. The molecule has 3 aromatic carbocycles. The Morgan fingerprint density at radius 1 is 1.00 bits per heavy atom. The van der Waals surface area contributed by atoms with Crippen LogP contribution in [0.5, 0.6) is 0 Å². The largest absolute Gasteiger partial charge is 0.330 e. The van der Waals surface area contributed by atoms with Crippen LogP contribution in [0.3, 0.4) is 0 Å². The summed E-state index contributed by atoms with van der Waals surface area (Å²) < 4.78 is 0. The number of hydrogen-bond acceptors (Lipinski definition) is 5. The third kappa shape index (κ3) is 3.76. The first kappa shape index (κ1) is 18.9. The van der Waals surface area contributed by atoms with Crippen LogP contribution in [-0.4, -0.2) is 24.5 Å². The molecule has 0 atom stereocenters. The molecular formula is C23H22N4O2. The number of carbonyl (C=O) groups is 1. The van der Waals surface area contributed by atoms with Crippen LogP contribution in [0.1, 0.15) is 6.42 Å². The highest BCUT2D eigenvalue weighted by atomic mass is 16.6. The van der Waals surface area contributed by atoms with Crippen molar-refractivity contribution in [3.05, 3.63) is 66.7 Å². The number of anilines is 2. The normalized spacial score (nSPS) is 11.0. The van der Waals surface area contributed by atoms with E-state index in [0.29, 0.717) is 12.2 Å². The summed E-state index contributed by atoms with van der Waals surface area (Å²) in [4.78, 5) is 22.0. The van der Waals surface area contributed by atoms with Crippen molar-refractivity contribution in [3.63, 3.8) is 0 Å². The van der Waals surface area contributed by atoms with E-state index in [4.69, 9.17) is 15.6 Å². The van der Waals surface area contributed by atoms with Gasteiger partial charge in [-0.1, -0.05) is 42.5 Å². The molecule has 0 unspecified atom stereocenters. The van der Waals surface area contributed by atoms with Crippen molar-refractivity contribution in [2.75, 3.05) is 24.5 Å². The van der Waals surface area contributed by atoms with Gasteiger partial charge in [0.05, 0.1) is 23.8 Å². The predicted octanol–water partition coefficient (Wildman–Crippen LogP) is 4.32. The number of para-hydroxylation sites is 2. The van der Waals surface area contributed by atoms with Crippen molar-refractivity contribution in [1.29, 1.82) is 0 Å². The summed E-state index contributed by atoms with van der Waals surface area (Å²) >= 11 is 0. The van der Waals surface area contributed by atoms with Crippen molar-refractivity contribution >= 4 is 39.1 Å². The van der Waals surface area contributed by atoms with E-state index in [1.54, 1.807) is 7.11 Å². The Morgan fingerprint density at radius 2 is 1.66 bits per heavy atom. The molecule has 1 heterocycles. The van der Waals surface area contributed by atoms with Gasteiger partial charge in [-0.15, -0.1) is 0 Å². The van der Waals surface area contributed by atoms with Gasteiger partial charge in [0.1, 0.15) is 0 Å². The molecule has 4 aromatic rings. The van der Waals surface area contributed by atoms with Gasteiger partial charge in [0.2, 0.25) is 5.91 Å². The number of carbonyl (C=O) groups excluding carboxylic acids is 1. The molecule has 0 radical (unpaired) electrons. The van der Waals surface area contributed by atoms with Gasteiger partial charge in [-0.25, -0.2) is 4.98 Å². The van der Waals surface area contributed by atoms with Gasteiger partial charge in [0.15, 0.2) is 0 Å². The zero-order valence-corrected chi connectivity index (χ0v) is 16.1. The molecule has 0 spiro atoms. The van der Waals surface area contributed by atoms with E-state index in [0.717, 1.165) is 38.6 Å². The van der Waals surface area contributed by atoms with Crippen LogP contribution in [0.2, 0.25) is 0 Å². The number of pyridine rings is 1. The third-order valence-electron chi connectivity index (χ3n) is 4.74. The van der Waals surface area contributed by atoms with Crippen LogP contribution in [0, 0.1) is 0 Å². The lowest BCUT2D eigenvalue weighted by Crippen LogP contribution is -2.16. The molecule has 1 amide bonds. The maximum Gasteiger partial charge on any atom is 0.225 e. The standard InChI is InChI=1S/C23H22N4O2/c1-29-27-21-14-15(25-22(28)12-13-24)10-11-18(21)23-16-6-2-4-8-19(16)26-20-9-5-3-7-17(20)23/h2-11,14,27H,12-13,24H2,1H3,(H,25,28). The lowest BCUT2D eigenvalue weighted by molar-refractivity contribution is -0.116. The Labute approximate surface area is 168 Å². The van der Waals surface area contributed by atoms with Crippen molar-refractivity contribution < 1.29 is 9.63 Å². The van der Waals surface area contributed by atoms with Crippen LogP contribution in [0.15, 0.2) is 66.7 Å². The van der Waals surface area contributed by atoms with E-state index in [1.165, 1.54) is 0 Å². The Balaban J connectivity index is 1.93. The monoisotopic (exact) mass is 386 g/mol. The second-order valence-electron chi connectivity index (χ2n) is 6.67. The second kappa shape index (κ2) is 8.26. The van der Waals surface area contributed by atoms with Gasteiger partial charge >= 0.3 is 0 Å². The number of hydrogen-bond donors (Lipinski definition) is 3. The van der Waals surface area contributed by atoms with Gasteiger partial charge < -0.3 is 11.1 Å². The summed E-state index contributed by atoms with van der Waals surface area (Å²) in [5.74, 6) is -0.122. The van der Waals surface area contributed by atoms with Crippen LogP contribution >= 0.6 is 0 Å². The number of benzene rings is 3. The quantitative estimate of drug-likeness (QED) is 0.339. The molecule has 0 saturated carbocycles. The summed E-state index contributed by atoms with van der Waals surface area (Å²) in [6.45, 7) is 0.308. The van der Waals surface area contributed by atoms with E-state index < -0.39 is 0 Å². The molecule has 0 aliphatic rings. The van der Waals surface area contributed by atoms with Crippen molar-refractivity contribution in [3.8, 4) is 11.1 Å². The average Bonchev–Trinajstić information content (AvgIpc) is 2.73. The molecule has 0 bridgehead atoms. The van der Waals surface area contributed by atoms with Crippen molar-refractivity contribution in [2.24, 2.45) is 5.73 Å². The molecule has 1 aromatic heterocycles. The maximum absolute atomic E-state index is 11.9. The molecule has 146 valence electrons. The van der Waals surface area contributed by atoms with Gasteiger partial charge in [0, 0.05) is 40.6 Å². The molecule has 0 aliphatic heterocycles. The Morgan fingerprint density at radius 3 is 2.28 bits per heavy atom. The number of aromatic nitrogens is 1. The molecule has 4 N–H and O–H groups in total. The van der Waals surface area contributed by atoms with Crippen LogP contribution in [-0.2, 0) is 9.63 Å². The summed E-state index contributed by atoms with van der Waals surface area (Å²) in [6, 6.07) is 21.9. The van der Waals surface area contributed by atoms with Crippen LogP contribution in [0.25, 0.3) is 32.9 Å². The summed E-state index contributed by atoms with van der Waals surface area (Å²) in [7, 11) is 1.56. The lowest BCUT2D eigenvalue weighted by atomic mass is 9.94. The SMILES string of the molecule is CONc1cc(NC(=O)CCN)ccc1-c1c2ccccc2nc2ccccc12. The molecule has 0 aliphatic carbocycles.